The molecule has 2 N–H and O–H groups in total. The maximum absolute atomic E-state index is 14.3. The largest absolute Gasteiger partial charge is 0.481 e. The number of likely N-dealkylation sites (tertiary alicyclic amines) is 1. The van der Waals surface area contributed by atoms with E-state index >= 15 is 0 Å². The van der Waals surface area contributed by atoms with Gasteiger partial charge >= 0.3 is 6.18 Å². The van der Waals surface area contributed by atoms with Gasteiger partial charge in [-0.2, -0.15) is 33.9 Å². The van der Waals surface area contributed by atoms with Crippen molar-refractivity contribution in [2.24, 2.45) is 21.4 Å². The number of halogens is 4. The van der Waals surface area contributed by atoms with Crippen LogP contribution in [0.5, 0.6) is 5.75 Å². The molecule has 3 aromatic rings. The Labute approximate surface area is 232 Å². The second-order valence-electron chi connectivity index (χ2n) is 10.1. The molecule has 0 amide bonds. The highest BCUT2D eigenvalue weighted by Crippen LogP contribution is 2.65. The van der Waals surface area contributed by atoms with Crippen LogP contribution in [0, 0.1) is 34.0 Å². The monoisotopic (exact) mass is 567 g/mol. The van der Waals surface area contributed by atoms with E-state index in [0.29, 0.717) is 37.2 Å². The zero-order chi connectivity index (χ0) is 29.4. The van der Waals surface area contributed by atoms with E-state index in [1.54, 1.807) is 11.8 Å². The number of fused-ring (bicyclic) bond motifs is 1. The van der Waals surface area contributed by atoms with Crippen molar-refractivity contribution in [3.8, 4) is 18.0 Å². The molecule has 1 aliphatic carbocycles. The average Bonchev–Trinajstić information content (AvgIpc) is 3.67. The van der Waals surface area contributed by atoms with Gasteiger partial charge in [0.05, 0.1) is 29.8 Å². The number of hydrazone groups is 1. The zero-order valence-electron chi connectivity index (χ0n) is 21.9. The molecule has 14 heteroatoms. The molecule has 0 radical (unpaired) electrons. The van der Waals surface area contributed by atoms with Crippen LogP contribution in [0.25, 0.3) is 5.52 Å². The molecule has 41 heavy (non-hydrogen) atoms. The summed E-state index contributed by atoms with van der Waals surface area (Å²) in [7, 11) is 0. The molecule has 4 heterocycles. The van der Waals surface area contributed by atoms with Crippen molar-refractivity contribution in [3.63, 3.8) is 0 Å². The van der Waals surface area contributed by atoms with Gasteiger partial charge in [0, 0.05) is 24.8 Å². The van der Waals surface area contributed by atoms with Crippen LogP contribution in [-0.2, 0) is 0 Å². The van der Waals surface area contributed by atoms with E-state index in [1.165, 1.54) is 23.0 Å². The Morgan fingerprint density at radius 1 is 1.22 bits per heavy atom. The normalized spacial score (nSPS) is 18.6. The molecule has 5 rings (SSSR count). The van der Waals surface area contributed by atoms with Crippen LogP contribution in [0.4, 0.5) is 17.6 Å². The molecule has 2 fully saturated rings. The van der Waals surface area contributed by atoms with Gasteiger partial charge in [0.1, 0.15) is 39.8 Å². The SMILES string of the molecule is CC(=NC1CCN(C#N)CC1)/C(=N\N)c1cc(OC(c2ccc(F)cn2)C2(C(F)(F)F)CC2)c2c(C#N)cnn2c1. The molecule has 3 aromatic heterocycles. The summed E-state index contributed by atoms with van der Waals surface area (Å²) >= 11 is 0. The first kappa shape index (κ1) is 27.8. The first-order chi connectivity index (χ1) is 19.6. The molecule has 0 bridgehead atoms. The number of nitriles is 2. The van der Waals surface area contributed by atoms with Gasteiger partial charge in [0.25, 0.3) is 0 Å². The lowest BCUT2D eigenvalue weighted by molar-refractivity contribution is -0.212. The van der Waals surface area contributed by atoms with Gasteiger partial charge in [-0.3, -0.25) is 9.98 Å². The Hall–Kier alpha value is -4.72. The van der Waals surface area contributed by atoms with E-state index in [2.05, 4.69) is 21.4 Å². The minimum absolute atomic E-state index is 0.0684. The molecule has 0 spiro atoms. The fourth-order valence-corrected chi connectivity index (χ4v) is 5.15. The number of pyridine rings is 2. The van der Waals surface area contributed by atoms with Gasteiger partial charge < -0.3 is 15.5 Å². The summed E-state index contributed by atoms with van der Waals surface area (Å²) in [5.41, 5.74) is -1.03. The number of aromatic nitrogens is 3. The smallest absolute Gasteiger partial charge is 0.398 e. The highest BCUT2D eigenvalue weighted by Gasteiger charge is 2.69. The number of aliphatic imine (C=N–C) groups is 1. The lowest BCUT2D eigenvalue weighted by Gasteiger charge is -2.29. The van der Waals surface area contributed by atoms with Crippen molar-refractivity contribution in [2.45, 2.75) is 50.9 Å². The van der Waals surface area contributed by atoms with Crippen LogP contribution >= 0.6 is 0 Å². The number of rotatable bonds is 7. The van der Waals surface area contributed by atoms with E-state index in [1.807, 2.05) is 6.07 Å². The number of piperidine rings is 1. The minimum atomic E-state index is -4.63. The lowest BCUT2D eigenvalue weighted by Crippen LogP contribution is -2.34. The van der Waals surface area contributed by atoms with E-state index in [-0.39, 0.29) is 47.1 Å². The summed E-state index contributed by atoms with van der Waals surface area (Å²) in [6, 6.07) is 5.55. The number of nitrogens with two attached hydrogens (primary N) is 1. The number of alkyl halides is 3. The third-order valence-corrected chi connectivity index (χ3v) is 7.54. The van der Waals surface area contributed by atoms with E-state index in [9.17, 15) is 22.8 Å². The summed E-state index contributed by atoms with van der Waals surface area (Å²) in [5, 5.41) is 26.9. The summed E-state index contributed by atoms with van der Waals surface area (Å²) in [4.78, 5) is 10.3. The third kappa shape index (κ3) is 5.25. The number of hydrogen-bond acceptors (Lipinski definition) is 9. The molecular formula is C27H25F4N9O. The molecule has 10 nitrogen and oxygen atoms in total. The molecule has 0 aromatic carbocycles. The molecule has 1 saturated carbocycles. The van der Waals surface area contributed by atoms with Crippen LogP contribution in [0.15, 0.2) is 46.9 Å². The Bertz CT molecular complexity index is 1590. The van der Waals surface area contributed by atoms with Gasteiger partial charge in [0.15, 0.2) is 12.3 Å². The molecule has 1 saturated heterocycles. The molecule has 212 valence electrons. The molecule has 1 aliphatic heterocycles. The number of ether oxygens (including phenoxy) is 1. The van der Waals surface area contributed by atoms with Crippen LogP contribution in [0.1, 0.15) is 55.5 Å². The lowest BCUT2D eigenvalue weighted by atomic mass is 9.94. The maximum Gasteiger partial charge on any atom is 0.398 e. The summed E-state index contributed by atoms with van der Waals surface area (Å²) in [5.74, 6) is 4.99. The third-order valence-electron chi connectivity index (χ3n) is 7.54. The summed E-state index contributed by atoms with van der Waals surface area (Å²) < 4.78 is 64.0. The minimum Gasteiger partial charge on any atom is -0.481 e. The maximum atomic E-state index is 14.3. The van der Waals surface area contributed by atoms with Crippen molar-refractivity contribution in [1.29, 1.82) is 10.5 Å². The molecule has 2 aliphatic rings. The van der Waals surface area contributed by atoms with Gasteiger partial charge in [-0.05, 0) is 50.8 Å². The predicted octanol–water partition coefficient (Wildman–Crippen LogP) is 4.27. The van der Waals surface area contributed by atoms with Crippen molar-refractivity contribution < 1.29 is 22.3 Å². The average molecular weight is 568 g/mol. The summed E-state index contributed by atoms with van der Waals surface area (Å²) in [6.45, 7) is 2.85. The van der Waals surface area contributed by atoms with Gasteiger partial charge in [-0.15, -0.1) is 0 Å². The predicted molar refractivity (Wildman–Crippen MR) is 139 cm³/mol. The molecule has 1 atom stereocenters. The van der Waals surface area contributed by atoms with Crippen LogP contribution in [0.3, 0.4) is 0 Å². The molecular weight excluding hydrogens is 542 g/mol. The van der Waals surface area contributed by atoms with Crippen molar-refractivity contribution in [3.05, 3.63) is 59.4 Å². The quantitative estimate of drug-likeness (QED) is 0.148. The first-order valence-corrected chi connectivity index (χ1v) is 12.8. The fraction of sp³-hybridized carbons (Fsp3) is 0.407. The standard InChI is InChI=1S/C27H25F4N9O/c1-16(37-20-4-8-39(15-33)9-5-20)23(38-34)17-10-22(24-18(11-32)12-36-40(24)14-17)41-25(21-3-2-19(28)13-35-21)26(6-7-26)27(29,30)31/h2-3,10,12-14,20,25H,4-9,34H2,1H3/b37-16?,38-23+. The number of nitrogens with zero attached hydrogens (tertiary/aromatic N) is 8. The van der Waals surface area contributed by atoms with Crippen LogP contribution < -0.4 is 10.6 Å². The second kappa shape index (κ2) is 10.7. The second-order valence-corrected chi connectivity index (χ2v) is 10.1. The highest BCUT2D eigenvalue weighted by molar-refractivity contribution is 6.47. The highest BCUT2D eigenvalue weighted by atomic mass is 19.4. The first-order valence-electron chi connectivity index (χ1n) is 12.8. The topological polar surface area (TPSA) is 141 Å². The Balaban J connectivity index is 1.57. The van der Waals surface area contributed by atoms with Gasteiger partial charge in [-0.1, -0.05) is 0 Å². The van der Waals surface area contributed by atoms with Crippen molar-refractivity contribution in [2.75, 3.05) is 13.1 Å². The Kier molecular flexibility index (Phi) is 7.26. The van der Waals surface area contributed by atoms with Crippen LogP contribution in [-0.4, -0.2) is 56.2 Å². The van der Waals surface area contributed by atoms with Crippen molar-refractivity contribution in [1.82, 2.24) is 19.5 Å². The van der Waals surface area contributed by atoms with Crippen LogP contribution in [0.2, 0.25) is 0 Å². The Morgan fingerprint density at radius 3 is 2.51 bits per heavy atom. The zero-order valence-corrected chi connectivity index (χ0v) is 21.9. The number of hydrogen-bond donors (Lipinski definition) is 1. The van der Waals surface area contributed by atoms with Gasteiger partial charge in [0.2, 0.25) is 0 Å². The van der Waals surface area contributed by atoms with E-state index in [4.69, 9.17) is 20.8 Å². The van der Waals surface area contributed by atoms with Gasteiger partial charge in [-0.25, -0.2) is 8.91 Å². The van der Waals surface area contributed by atoms with E-state index in [0.717, 1.165) is 18.3 Å². The fourth-order valence-electron chi connectivity index (χ4n) is 5.15. The Morgan fingerprint density at radius 2 is 1.95 bits per heavy atom. The molecule has 1 unspecified atom stereocenters. The van der Waals surface area contributed by atoms with E-state index < -0.39 is 23.5 Å². The van der Waals surface area contributed by atoms with Crippen molar-refractivity contribution >= 4 is 16.9 Å². The summed E-state index contributed by atoms with van der Waals surface area (Å²) in [6.07, 6.45) is 0.431.